The molecule has 0 saturated carbocycles. The molecule has 86 valence electrons. The van der Waals surface area contributed by atoms with Crippen molar-refractivity contribution in [2.24, 2.45) is 0 Å². The molecule has 0 fully saturated rings. The molecule has 0 atom stereocenters. The average molecular weight is 232 g/mol. The first kappa shape index (κ1) is 11.2. The summed E-state index contributed by atoms with van der Waals surface area (Å²) >= 11 is 0. The van der Waals surface area contributed by atoms with Gasteiger partial charge in [0.2, 0.25) is 0 Å². The molecule has 0 spiro atoms. The lowest BCUT2D eigenvalue weighted by Gasteiger charge is -2.05. The molecule has 0 amide bonds. The highest BCUT2D eigenvalue weighted by Gasteiger charge is 2.10. The van der Waals surface area contributed by atoms with Gasteiger partial charge in [-0.1, -0.05) is 12.1 Å². The van der Waals surface area contributed by atoms with E-state index in [2.05, 4.69) is 9.97 Å². The summed E-state index contributed by atoms with van der Waals surface area (Å²) in [5.41, 5.74) is 1.45. The lowest BCUT2D eigenvalue weighted by atomic mass is 10.1. The molecule has 2 rings (SSSR count). The third-order valence-corrected chi connectivity index (χ3v) is 2.23. The van der Waals surface area contributed by atoms with Crippen LogP contribution in [0.15, 0.2) is 36.8 Å². The lowest BCUT2D eigenvalue weighted by molar-refractivity contribution is -0.136. The predicted molar refractivity (Wildman–Crippen MR) is 58.8 cm³/mol. The summed E-state index contributed by atoms with van der Waals surface area (Å²) in [4.78, 5) is 18.5. The quantitative estimate of drug-likeness (QED) is 0.877. The minimum absolute atomic E-state index is 0.188. The first-order valence-corrected chi connectivity index (χ1v) is 4.93. The summed E-state index contributed by atoms with van der Waals surface area (Å²) in [5.74, 6) is -1.36. The first-order valence-electron chi connectivity index (χ1n) is 4.93. The van der Waals surface area contributed by atoms with Crippen LogP contribution in [0.2, 0.25) is 0 Å². The van der Waals surface area contributed by atoms with Gasteiger partial charge >= 0.3 is 5.97 Å². The highest BCUT2D eigenvalue weighted by molar-refractivity contribution is 5.74. The Morgan fingerprint density at radius 1 is 1.41 bits per heavy atom. The maximum atomic E-state index is 13.1. The molecule has 0 aliphatic carbocycles. The fourth-order valence-electron chi connectivity index (χ4n) is 1.55. The molecule has 1 aromatic carbocycles. The fourth-order valence-corrected chi connectivity index (χ4v) is 1.55. The van der Waals surface area contributed by atoms with Crippen LogP contribution in [0.1, 0.15) is 5.56 Å². The molecule has 1 aromatic heterocycles. The van der Waals surface area contributed by atoms with E-state index in [1.807, 2.05) is 0 Å². The van der Waals surface area contributed by atoms with Gasteiger partial charge in [0.25, 0.3) is 0 Å². The summed E-state index contributed by atoms with van der Waals surface area (Å²) in [6, 6.07) is 5.86. The van der Waals surface area contributed by atoms with Gasteiger partial charge in [-0.15, -0.1) is 0 Å². The van der Waals surface area contributed by atoms with E-state index in [9.17, 15) is 9.18 Å². The maximum Gasteiger partial charge on any atom is 0.307 e. The number of carbonyl (C=O) groups is 1. The van der Waals surface area contributed by atoms with Crippen LogP contribution >= 0.6 is 0 Å². The molecule has 1 N–H and O–H groups in total. The number of hydrogen-bond acceptors (Lipinski definition) is 3. The van der Waals surface area contributed by atoms with Crippen LogP contribution in [0.25, 0.3) is 11.3 Å². The number of rotatable bonds is 3. The second-order valence-electron chi connectivity index (χ2n) is 3.48. The largest absolute Gasteiger partial charge is 0.481 e. The summed E-state index contributed by atoms with van der Waals surface area (Å²) in [6.45, 7) is 0. The topological polar surface area (TPSA) is 63.1 Å². The van der Waals surface area contributed by atoms with Gasteiger partial charge in [-0.25, -0.2) is 14.4 Å². The number of nitrogens with zero attached hydrogens (tertiary/aromatic N) is 2. The van der Waals surface area contributed by atoms with E-state index in [1.54, 1.807) is 12.1 Å². The molecule has 0 unspecified atom stereocenters. The van der Waals surface area contributed by atoms with E-state index in [0.29, 0.717) is 16.8 Å². The van der Waals surface area contributed by atoms with Crippen LogP contribution in [-0.4, -0.2) is 21.0 Å². The molecular formula is C12H9FN2O2. The van der Waals surface area contributed by atoms with Crippen molar-refractivity contribution >= 4 is 5.97 Å². The SMILES string of the molecule is O=C(O)Cc1cncnc1-c1cccc(F)c1. The van der Waals surface area contributed by atoms with Crippen LogP contribution in [0, 0.1) is 5.82 Å². The fraction of sp³-hybridized carbons (Fsp3) is 0.0833. The smallest absolute Gasteiger partial charge is 0.307 e. The Morgan fingerprint density at radius 3 is 2.94 bits per heavy atom. The minimum atomic E-state index is -0.975. The molecule has 1 heterocycles. The molecule has 2 aromatic rings. The van der Waals surface area contributed by atoms with Crippen LogP contribution in [0.5, 0.6) is 0 Å². The molecule has 0 radical (unpaired) electrons. The van der Waals surface area contributed by atoms with Crippen molar-refractivity contribution in [3.63, 3.8) is 0 Å². The van der Waals surface area contributed by atoms with Gasteiger partial charge in [0, 0.05) is 17.3 Å². The third-order valence-electron chi connectivity index (χ3n) is 2.23. The van der Waals surface area contributed by atoms with E-state index < -0.39 is 5.97 Å². The zero-order chi connectivity index (χ0) is 12.3. The summed E-state index contributed by atoms with van der Waals surface area (Å²) in [5, 5.41) is 8.76. The van der Waals surface area contributed by atoms with Crippen molar-refractivity contribution in [2.75, 3.05) is 0 Å². The van der Waals surface area contributed by atoms with Crippen LogP contribution in [-0.2, 0) is 11.2 Å². The first-order chi connectivity index (χ1) is 8.16. The van der Waals surface area contributed by atoms with E-state index in [0.717, 1.165) is 0 Å². The molecule has 5 heteroatoms. The number of carboxylic acids is 1. The van der Waals surface area contributed by atoms with E-state index in [-0.39, 0.29) is 12.2 Å². The van der Waals surface area contributed by atoms with Crippen LogP contribution < -0.4 is 0 Å². The zero-order valence-corrected chi connectivity index (χ0v) is 8.80. The number of carboxylic acid groups (broad SMARTS) is 1. The van der Waals surface area contributed by atoms with Gasteiger partial charge < -0.3 is 5.11 Å². The lowest BCUT2D eigenvalue weighted by Crippen LogP contribution is -2.03. The second-order valence-corrected chi connectivity index (χ2v) is 3.48. The van der Waals surface area contributed by atoms with Crippen LogP contribution in [0.4, 0.5) is 4.39 Å². The Balaban J connectivity index is 2.47. The number of aromatic nitrogens is 2. The van der Waals surface area contributed by atoms with Crippen molar-refractivity contribution in [3.05, 3.63) is 48.2 Å². The summed E-state index contributed by atoms with van der Waals surface area (Å²) in [6.07, 6.45) is 2.56. The number of aliphatic carboxylic acids is 1. The molecule has 0 bridgehead atoms. The van der Waals surface area contributed by atoms with Gasteiger partial charge in [0.1, 0.15) is 12.1 Å². The highest BCUT2D eigenvalue weighted by Crippen LogP contribution is 2.21. The average Bonchev–Trinajstić information content (AvgIpc) is 2.29. The normalized spacial score (nSPS) is 10.2. The van der Waals surface area contributed by atoms with Gasteiger partial charge in [-0.2, -0.15) is 0 Å². The molecular weight excluding hydrogens is 223 g/mol. The van der Waals surface area contributed by atoms with Crippen molar-refractivity contribution < 1.29 is 14.3 Å². The Morgan fingerprint density at radius 2 is 2.24 bits per heavy atom. The maximum absolute atomic E-state index is 13.1. The van der Waals surface area contributed by atoms with E-state index >= 15 is 0 Å². The zero-order valence-electron chi connectivity index (χ0n) is 8.80. The van der Waals surface area contributed by atoms with Crippen molar-refractivity contribution in [1.29, 1.82) is 0 Å². The highest BCUT2D eigenvalue weighted by atomic mass is 19.1. The van der Waals surface area contributed by atoms with Gasteiger partial charge in [-0.05, 0) is 12.1 Å². The Hall–Kier alpha value is -2.30. The van der Waals surface area contributed by atoms with Gasteiger partial charge in [-0.3, -0.25) is 4.79 Å². The van der Waals surface area contributed by atoms with E-state index in [1.165, 1.54) is 24.7 Å². The van der Waals surface area contributed by atoms with Gasteiger partial charge in [0.15, 0.2) is 0 Å². The Bertz CT molecular complexity index is 558. The minimum Gasteiger partial charge on any atom is -0.481 e. The van der Waals surface area contributed by atoms with Crippen LogP contribution in [0.3, 0.4) is 0 Å². The predicted octanol–water partition coefficient (Wildman–Crippen LogP) is 1.91. The number of benzene rings is 1. The molecule has 4 nitrogen and oxygen atoms in total. The molecule has 0 aliphatic rings. The molecule has 17 heavy (non-hydrogen) atoms. The number of halogens is 1. The summed E-state index contributed by atoms with van der Waals surface area (Å²) in [7, 11) is 0. The van der Waals surface area contributed by atoms with Crippen molar-refractivity contribution in [2.45, 2.75) is 6.42 Å². The monoisotopic (exact) mass is 232 g/mol. The van der Waals surface area contributed by atoms with Crippen molar-refractivity contribution in [3.8, 4) is 11.3 Å². The van der Waals surface area contributed by atoms with Gasteiger partial charge in [0.05, 0.1) is 12.1 Å². The molecule has 0 saturated heterocycles. The Kier molecular flexibility index (Phi) is 3.09. The third kappa shape index (κ3) is 2.63. The van der Waals surface area contributed by atoms with Crippen molar-refractivity contribution in [1.82, 2.24) is 9.97 Å². The Labute approximate surface area is 96.8 Å². The molecule has 0 aliphatic heterocycles. The van der Waals surface area contributed by atoms with E-state index in [4.69, 9.17) is 5.11 Å². The number of hydrogen-bond donors (Lipinski definition) is 1. The standard InChI is InChI=1S/C12H9FN2O2/c13-10-3-1-2-8(4-10)12-9(5-11(16)17)6-14-7-15-12/h1-4,6-7H,5H2,(H,16,17). The second kappa shape index (κ2) is 4.69. The summed E-state index contributed by atoms with van der Waals surface area (Å²) < 4.78 is 13.1.